The molecule has 0 spiro atoms. The van der Waals surface area contributed by atoms with Gasteiger partial charge in [-0.3, -0.25) is 0 Å². The quantitative estimate of drug-likeness (QED) is 0.881. The number of halogens is 2. The molecule has 1 aromatic rings. The SMILES string of the molecule is FC(F)c1cc2c(c(C3CCCNC3)c1)OCO2. The summed E-state index contributed by atoms with van der Waals surface area (Å²) in [5.41, 5.74) is 0.868. The monoisotopic (exact) mass is 255 g/mol. The second kappa shape index (κ2) is 4.72. The highest BCUT2D eigenvalue weighted by Gasteiger charge is 2.27. The molecule has 3 nitrogen and oxygen atoms in total. The highest BCUT2D eigenvalue weighted by atomic mass is 19.3. The van der Waals surface area contributed by atoms with E-state index in [0.29, 0.717) is 11.5 Å². The molecule has 98 valence electrons. The van der Waals surface area contributed by atoms with E-state index in [4.69, 9.17) is 9.47 Å². The van der Waals surface area contributed by atoms with E-state index in [1.165, 1.54) is 6.07 Å². The van der Waals surface area contributed by atoms with Crippen molar-refractivity contribution in [3.05, 3.63) is 23.3 Å². The van der Waals surface area contributed by atoms with Crippen LogP contribution in [0.3, 0.4) is 0 Å². The summed E-state index contributed by atoms with van der Waals surface area (Å²) in [4.78, 5) is 0. The van der Waals surface area contributed by atoms with Crippen LogP contribution in [0.4, 0.5) is 8.78 Å². The fraction of sp³-hybridized carbons (Fsp3) is 0.538. The van der Waals surface area contributed by atoms with Crippen LogP contribution in [0, 0.1) is 0 Å². The van der Waals surface area contributed by atoms with Gasteiger partial charge in [0.2, 0.25) is 6.79 Å². The van der Waals surface area contributed by atoms with Crippen molar-refractivity contribution in [1.29, 1.82) is 0 Å². The van der Waals surface area contributed by atoms with Gasteiger partial charge in [-0.1, -0.05) is 0 Å². The lowest BCUT2D eigenvalue weighted by Gasteiger charge is -2.24. The van der Waals surface area contributed by atoms with Crippen molar-refractivity contribution in [2.45, 2.75) is 25.2 Å². The predicted molar refractivity (Wildman–Crippen MR) is 62.4 cm³/mol. The van der Waals surface area contributed by atoms with E-state index >= 15 is 0 Å². The van der Waals surface area contributed by atoms with Crippen molar-refractivity contribution in [3.63, 3.8) is 0 Å². The highest BCUT2D eigenvalue weighted by Crippen LogP contribution is 2.43. The second-order valence-corrected chi connectivity index (χ2v) is 4.69. The van der Waals surface area contributed by atoms with Gasteiger partial charge in [-0.25, -0.2) is 8.78 Å². The van der Waals surface area contributed by atoms with Gasteiger partial charge in [-0.2, -0.15) is 0 Å². The van der Waals surface area contributed by atoms with Crippen LogP contribution in [0.2, 0.25) is 0 Å². The van der Waals surface area contributed by atoms with Crippen molar-refractivity contribution in [2.24, 2.45) is 0 Å². The highest BCUT2D eigenvalue weighted by molar-refractivity contribution is 5.52. The minimum Gasteiger partial charge on any atom is -0.454 e. The minimum absolute atomic E-state index is 0.0137. The molecule has 0 aromatic heterocycles. The standard InChI is InChI=1S/C13H15F2NO2/c14-13(15)9-4-10(8-2-1-3-16-6-8)12-11(5-9)17-7-18-12/h4-5,8,13,16H,1-3,6-7H2. The van der Waals surface area contributed by atoms with E-state index in [9.17, 15) is 8.78 Å². The molecular formula is C13H15F2NO2. The van der Waals surface area contributed by atoms with E-state index in [1.807, 2.05) is 0 Å². The second-order valence-electron chi connectivity index (χ2n) is 4.69. The van der Waals surface area contributed by atoms with Crippen LogP contribution in [0.1, 0.15) is 36.3 Å². The summed E-state index contributed by atoms with van der Waals surface area (Å²) < 4.78 is 36.4. The number of fused-ring (bicyclic) bond motifs is 1. The summed E-state index contributed by atoms with van der Waals surface area (Å²) in [7, 11) is 0. The summed E-state index contributed by atoms with van der Waals surface area (Å²) >= 11 is 0. The number of benzene rings is 1. The van der Waals surface area contributed by atoms with Gasteiger partial charge < -0.3 is 14.8 Å². The number of hydrogen-bond acceptors (Lipinski definition) is 3. The zero-order valence-electron chi connectivity index (χ0n) is 9.92. The van der Waals surface area contributed by atoms with Crippen molar-refractivity contribution < 1.29 is 18.3 Å². The summed E-state index contributed by atoms with van der Waals surface area (Å²) in [5.74, 6) is 1.33. The third-order valence-electron chi connectivity index (χ3n) is 3.51. The maximum absolute atomic E-state index is 12.9. The van der Waals surface area contributed by atoms with E-state index < -0.39 is 6.43 Å². The van der Waals surface area contributed by atoms with Gasteiger partial charge in [-0.05, 0) is 31.5 Å². The molecule has 1 atom stereocenters. The number of piperidine rings is 1. The Bertz CT molecular complexity index is 445. The predicted octanol–water partition coefficient (Wildman–Crippen LogP) is 2.82. The first-order chi connectivity index (χ1) is 8.75. The van der Waals surface area contributed by atoms with E-state index in [1.54, 1.807) is 6.07 Å². The lowest BCUT2D eigenvalue weighted by Crippen LogP contribution is -2.28. The van der Waals surface area contributed by atoms with Crippen molar-refractivity contribution in [1.82, 2.24) is 5.32 Å². The van der Waals surface area contributed by atoms with E-state index in [-0.39, 0.29) is 18.3 Å². The molecule has 0 amide bonds. The number of rotatable bonds is 2. The Kier molecular flexibility index (Phi) is 3.07. The maximum Gasteiger partial charge on any atom is 0.263 e. The lowest BCUT2D eigenvalue weighted by molar-refractivity contribution is 0.150. The lowest BCUT2D eigenvalue weighted by atomic mass is 9.89. The smallest absolute Gasteiger partial charge is 0.263 e. The van der Waals surface area contributed by atoms with Gasteiger partial charge in [0.1, 0.15) is 0 Å². The van der Waals surface area contributed by atoms with E-state index in [0.717, 1.165) is 31.5 Å². The first-order valence-corrected chi connectivity index (χ1v) is 6.18. The third-order valence-corrected chi connectivity index (χ3v) is 3.51. The molecule has 0 radical (unpaired) electrons. The first kappa shape index (κ1) is 11.7. The molecule has 1 N–H and O–H groups in total. The Balaban J connectivity index is 2.00. The molecule has 2 aliphatic rings. The number of ether oxygens (including phenoxy) is 2. The maximum atomic E-state index is 12.9. The normalized spacial score (nSPS) is 22.5. The minimum atomic E-state index is -2.48. The average Bonchev–Trinajstić information content (AvgIpc) is 2.86. The van der Waals surface area contributed by atoms with Gasteiger partial charge in [0, 0.05) is 23.6 Å². The fourth-order valence-corrected chi connectivity index (χ4v) is 2.61. The first-order valence-electron chi connectivity index (χ1n) is 6.18. The van der Waals surface area contributed by atoms with E-state index in [2.05, 4.69) is 5.32 Å². The summed E-state index contributed by atoms with van der Waals surface area (Å²) in [5, 5.41) is 3.29. The Morgan fingerprint density at radius 1 is 1.28 bits per heavy atom. The number of alkyl halides is 2. The molecule has 0 bridgehead atoms. The molecule has 0 saturated carbocycles. The van der Waals surface area contributed by atoms with Gasteiger partial charge in [-0.15, -0.1) is 0 Å². The van der Waals surface area contributed by atoms with Gasteiger partial charge in [0.25, 0.3) is 6.43 Å². The van der Waals surface area contributed by atoms with Gasteiger partial charge in [0.05, 0.1) is 0 Å². The Morgan fingerprint density at radius 3 is 2.89 bits per heavy atom. The van der Waals surface area contributed by atoms with Crippen LogP contribution in [0.15, 0.2) is 12.1 Å². The zero-order chi connectivity index (χ0) is 12.5. The Labute approximate surface area is 104 Å². The largest absolute Gasteiger partial charge is 0.454 e. The van der Waals surface area contributed by atoms with Crippen LogP contribution >= 0.6 is 0 Å². The molecule has 18 heavy (non-hydrogen) atoms. The number of nitrogens with one attached hydrogen (secondary N) is 1. The number of hydrogen-bond donors (Lipinski definition) is 1. The topological polar surface area (TPSA) is 30.5 Å². The third kappa shape index (κ3) is 2.03. The molecule has 3 rings (SSSR count). The zero-order valence-corrected chi connectivity index (χ0v) is 9.92. The summed E-state index contributed by atoms with van der Waals surface area (Å²) in [6.07, 6.45) is -0.427. The van der Waals surface area contributed by atoms with Crippen LogP contribution in [-0.2, 0) is 0 Å². The Hall–Kier alpha value is -1.36. The van der Waals surface area contributed by atoms with Crippen LogP contribution in [-0.4, -0.2) is 19.9 Å². The van der Waals surface area contributed by atoms with Crippen LogP contribution in [0.25, 0.3) is 0 Å². The molecule has 2 heterocycles. The fourth-order valence-electron chi connectivity index (χ4n) is 2.61. The molecule has 1 saturated heterocycles. The van der Waals surface area contributed by atoms with Crippen LogP contribution < -0.4 is 14.8 Å². The van der Waals surface area contributed by atoms with Crippen LogP contribution in [0.5, 0.6) is 11.5 Å². The molecule has 0 aliphatic carbocycles. The molecule has 2 aliphatic heterocycles. The molecule has 1 aromatic carbocycles. The van der Waals surface area contributed by atoms with Gasteiger partial charge >= 0.3 is 0 Å². The molecule has 5 heteroatoms. The van der Waals surface area contributed by atoms with Crippen molar-refractivity contribution in [3.8, 4) is 11.5 Å². The molecule has 1 fully saturated rings. The van der Waals surface area contributed by atoms with Crippen molar-refractivity contribution >= 4 is 0 Å². The Morgan fingerprint density at radius 2 is 2.17 bits per heavy atom. The van der Waals surface area contributed by atoms with Gasteiger partial charge in [0.15, 0.2) is 11.5 Å². The summed E-state index contributed by atoms with van der Waals surface area (Å²) in [6, 6.07) is 2.95. The van der Waals surface area contributed by atoms with Crippen molar-refractivity contribution in [2.75, 3.05) is 19.9 Å². The summed E-state index contributed by atoms with van der Waals surface area (Å²) in [6.45, 7) is 1.92. The average molecular weight is 255 g/mol. The molecular weight excluding hydrogens is 240 g/mol. The molecule has 1 unspecified atom stereocenters.